The van der Waals surface area contributed by atoms with Crippen molar-refractivity contribution in [2.24, 2.45) is 5.10 Å². The van der Waals surface area contributed by atoms with Gasteiger partial charge in [0.25, 0.3) is 5.91 Å². The zero-order valence-corrected chi connectivity index (χ0v) is 16.8. The summed E-state index contributed by atoms with van der Waals surface area (Å²) in [6, 6.07) is 11.2. The Balaban J connectivity index is 2.11. The maximum atomic E-state index is 12.1. The van der Waals surface area contributed by atoms with E-state index in [-0.39, 0.29) is 0 Å². The van der Waals surface area contributed by atoms with E-state index in [2.05, 4.69) is 10.5 Å². The first kappa shape index (κ1) is 21.0. The van der Waals surface area contributed by atoms with Crippen molar-refractivity contribution in [2.75, 3.05) is 24.2 Å². The molecule has 144 valence electrons. The van der Waals surface area contributed by atoms with Crippen LogP contribution in [0, 0.1) is 0 Å². The first-order chi connectivity index (χ1) is 12.7. The lowest BCUT2D eigenvalue weighted by Gasteiger charge is -2.21. The van der Waals surface area contributed by atoms with E-state index in [0.29, 0.717) is 27.0 Å². The number of amides is 1. The SMILES string of the molecule is COc1ccc(N(CC(=O)N/N=C\c2c(Cl)cccc2Cl)S(C)(=O)=O)cc1. The molecular weight excluding hydrogens is 413 g/mol. The van der Waals surface area contributed by atoms with Crippen LogP contribution in [0.15, 0.2) is 47.6 Å². The van der Waals surface area contributed by atoms with Gasteiger partial charge in [0, 0.05) is 5.56 Å². The second-order valence-corrected chi connectivity index (χ2v) is 8.12. The molecule has 2 aromatic carbocycles. The topological polar surface area (TPSA) is 88.1 Å². The van der Waals surface area contributed by atoms with Gasteiger partial charge in [-0.2, -0.15) is 5.10 Å². The van der Waals surface area contributed by atoms with Gasteiger partial charge in [0.15, 0.2) is 0 Å². The van der Waals surface area contributed by atoms with E-state index in [1.807, 2.05) is 0 Å². The third kappa shape index (κ3) is 5.85. The lowest BCUT2D eigenvalue weighted by Crippen LogP contribution is -2.39. The Morgan fingerprint density at radius 1 is 1.19 bits per heavy atom. The predicted octanol–water partition coefficient (Wildman–Crippen LogP) is 2.92. The van der Waals surface area contributed by atoms with E-state index in [1.165, 1.54) is 13.3 Å². The molecule has 1 amide bonds. The maximum absolute atomic E-state index is 12.1. The van der Waals surface area contributed by atoms with Crippen molar-refractivity contribution >= 4 is 51.0 Å². The van der Waals surface area contributed by atoms with Crippen molar-refractivity contribution < 1.29 is 17.9 Å². The molecule has 0 radical (unpaired) electrons. The molecular formula is C17H17Cl2N3O4S. The van der Waals surface area contributed by atoms with Gasteiger partial charge in [-0.15, -0.1) is 0 Å². The van der Waals surface area contributed by atoms with Gasteiger partial charge >= 0.3 is 0 Å². The van der Waals surface area contributed by atoms with Gasteiger partial charge in [-0.3, -0.25) is 9.10 Å². The smallest absolute Gasteiger partial charge is 0.260 e. The molecule has 10 heteroatoms. The second kappa shape index (κ2) is 9.07. The molecule has 0 bridgehead atoms. The molecule has 0 spiro atoms. The number of carbonyl (C=O) groups is 1. The monoisotopic (exact) mass is 429 g/mol. The van der Waals surface area contributed by atoms with Crippen LogP contribution in [0.5, 0.6) is 5.75 Å². The normalized spacial score (nSPS) is 11.4. The fraction of sp³-hybridized carbons (Fsp3) is 0.176. The van der Waals surface area contributed by atoms with Gasteiger partial charge in [0.2, 0.25) is 10.0 Å². The number of benzene rings is 2. The quantitative estimate of drug-likeness (QED) is 0.541. The van der Waals surface area contributed by atoms with Crippen LogP contribution in [0.1, 0.15) is 5.56 Å². The highest BCUT2D eigenvalue weighted by molar-refractivity contribution is 7.92. The number of ether oxygens (including phenoxy) is 1. The van der Waals surface area contributed by atoms with E-state index in [1.54, 1.807) is 42.5 Å². The summed E-state index contributed by atoms with van der Waals surface area (Å²) in [5, 5.41) is 4.53. The zero-order chi connectivity index (χ0) is 20.0. The molecule has 0 fully saturated rings. The molecule has 1 N–H and O–H groups in total. The fourth-order valence-corrected chi connectivity index (χ4v) is 3.47. The number of methoxy groups -OCH3 is 1. The van der Waals surface area contributed by atoms with Crippen LogP contribution in [0.2, 0.25) is 10.0 Å². The molecule has 0 aliphatic rings. The van der Waals surface area contributed by atoms with Crippen molar-refractivity contribution in [3.8, 4) is 5.75 Å². The van der Waals surface area contributed by atoms with Crippen LogP contribution in [0.25, 0.3) is 0 Å². The summed E-state index contributed by atoms with van der Waals surface area (Å²) in [4.78, 5) is 12.1. The molecule has 0 aliphatic heterocycles. The van der Waals surface area contributed by atoms with Crippen LogP contribution in [0.4, 0.5) is 5.69 Å². The van der Waals surface area contributed by atoms with Crippen molar-refractivity contribution in [1.29, 1.82) is 0 Å². The number of sulfonamides is 1. The molecule has 0 unspecified atom stereocenters. The molecule has 0 saturated carbocycles. The molecule has 0 aliphatic carbocycles. The Kier molecular flexibility index (Phi) is 7.06. The average Bonchev–Trinajstić information content (AvgIpc) is 2.61. The minimum absolute atomic E-state index is 0.326. The molecule has 7 nitrogen and oxygen atoms in total. The number of rotatable bonds is 7. The number of hydrogen-bond acceptors (Lipinski definition) is 5. The van der Waals surface area contributed by atoms with E-state index in [0.717, 1.165) is 10.6 Å². The Morgan fingerprint density at radius 2 is 1.78 bits per heavy atom. The number of hydrazone groups is 1. The van der Waals surface area contributed by atoms with Crippen molar-refractivity contribution in [1.82, 2.24) is 5.43 Å². The zero-order valence-electron chi connectivity index (χ0n) is 14.5. The Morgan fingerprint density at radius 3 is 2.30 bits per heavy atom. The van der Waals surface area contributed by atoms with Gasteiger partial charge < -0.3 is 4.74 Å². The second-order valence-electron chi connectivity index (χ2n) is 5.40. The highest BCUT2D eigenvalue weighted by Gasteiger charge is 2.20. The first-order valence-electron chi connectivity index (χ1n) is 7.60. The summed E-state index contributed by atoms with van der Waals surface area (Å²) in [6.45, 7) is -0.446. The predicted molar refractivity (Wildman–Crippen MR) is 107 cm³/mol. The molecule has 27 heavy (non-hydrogen) atoms. The average molecular weight is 430 g/mol. The minimum Gasteiger partial charge on any atom is -0.497 e. The number of halogens is 2. The number of anilines is 1. The van der Waals surface area contributed by atoms with Gasteiger partial charge in [-0.25, -0.2) is 13.8 Å². The van der Waals surface area contributed by atoms with Crippen LogP contribution < -0.4 is 14.5 Å². The van der Waals surface area contributed by atoms with E-state index in [4.69, 9.17) is 27.9 Å². The van der Waals surface area contributed by atoms with Gasteiger partial charge in [-0.1, -0.05) is 29.3 Å². The van der Waals surface area contributed by atoms with E-state index < -0.39 is 22.5 Å². The number of carbonyl (C=O) groups excluding carboxylic acids is 1. The molecule has 2 rings (SSSR count). The maximum Gasteiger partial charge on any atom is 0.260 e. The molecule has 0 atom stereocenters. The van der Waals surface area contributed by atoms with Crippen molar-refractivity contribution in [3.63, 3.8) is 0 Å². The minimum atomic E-state index is -3.69. The molecule has 2 aromatic rings. The number of nitrogens with zero attached hydrogens (tertiary/aromatic N) is 2. The van der Waals surface area contributed by atoms with Crippen LogP contribution in [-0.2, 0) is 14.8 Å². The van der Waals surface area contributed by atoms with Crippen molar-refractivity contribution in [2.45, 2.75) is 0 Å². The van der Waals surface area contributed by atoms with Crippen LogP contribution in [-0.4, -0.2) is 40.4 Å². The fourth-order valence-electron chi connectivity index (χ4n) is 2.12. The largest absolute Gasteiger partial charge is 0.497 e. The van der Waals surface area contributed by atoms with E-state index >= 15 is 0 Å². The van der Waals surface area contributed by atoms with Gasteiger partial charge in [0.05, 0.1) is 35.3 Å². The van der Waals surface area contributed by atoms with E-state index in [9.17, 15) is 13.2 Å². The van der Waals surface area contributed by atoms with Gasteiger partial charge in [0.1, 0.15) is 12.3 Å². The molecule has 0 aromatic heterocycles. The third-order valence-corrected chi connectivity index (χ3v) is 5.23. The Labute approximate surface area is 167 Å². The molecule has 0 heterocycles. The summed E-state index contributed by atoms with van der Waals surface area (Å²) < 4.78 is 30.1. The Hall–Kier alpha value is -2.29. The van der Waals surface area contributed by atoms with Crippen LogP contribution in [0.3, 0.4) is 0 Å². The standard InChI is InChI=1S/C17H17Cl2N3O4S/c1-26-13-8-6-12(7-9-13)22(27(2,24)25)11-17(23)21-20-10-14-15(18)4-3-5-16(14)19/h3-10H,11H2,1-2H3,(H,21,23)/b20-10-. The van der Waals surface area contributed by atoms with Crippen molar-refractivity contribution in [3.05, 3.63) is 58.1 Å². The van der Waals surface area contributed by atoms with Gasteiger partial charge in [-0.05, 0) is 36.4 Å². The summed E-state index contributed by atoms with van der Waals surface area (Å²) in [7, 11) is -2.19. The third-order valence-electron chi connectivity index (χ3n) is 3.43. The molecule has 0 saturated heterocycles. The highest BCUT2D eigenvalue weighted by Crippen LogP contribution is 2.22. The lowest BCUT2D eigenvalue weighted by atomic mass is 10.2. The lowest BCUT2D eigenvalue weighted by molar-refractivity contribution is -0.119. The summed E-state index contributed by atoms with van der Waals surface area (Å²) in [6.07, 6.45) is 2.30. The number of hydrogen-bond donors (Lipinski definition) is 1. The summed E-state index contributed by atoms with van der Waals surface area (Å²) >= 11 is 12.0. The summed E-state index contributed by atoms with van der Waals surface area (Å²) in [5.41, 5.74) is 3.03. The van der Waals surface area contributed by atoms with Crippen LogP contribution >= 0.6 is 23.2 Å². The Bertz CT molecular complexity index is 927. The summed E-state index contributed by atoms with van der Waals surface area (Å²) in [5.74, 6) is -0.0615. The highest BCUT2D eigenvalue weighted by atomic mass is 35.5. The number of nitrogens with one attached hydrogen (secondary N) is 1. The first-order valence-corrected chi connectivity index (χ1v) is 10.2.